The van der Waals surface area contributed by atoms with Gasteiger partial charge in [-0.15, -0.1) is 0 Å². The fraction of sp³-hybridized carbons (Fsp3) is 0.273. The molecular formula is C33H33BrN4O6S. The second-order valence-corrected chi connectivity index (χ2v) is 12.4. The van der Waals surface area contributed by atoms with Crippen molar-refractivity contribution < 1.29 is 28.7 Å². The number of thioether (sulfide) groups is 1. The molecule has 1 N–H and O–H groups in total. The molecule has 5 rings (SSSR count). The van der Waals surface area contributed by atoms with Gasteiger partial charge < -0.3 is 24.6 Å². The predicted octanol–water partition coefficient (Wildman–Crippen LogP) is 5.48. The van der Waals surface area contributed by atoms with Crippen LogP contribution in [-0.2, 0) is 14.4 Å². The van der Waals surface area contributed by atoms with Gasteiger partial charge in [0.25, 0.3) is 17.1 Å². The van der Waals surface area contributed by atoms with Gasteiger partial charge in [0.2, 0.25) is 5.91 Å². The lowest BCUT2D eigenvalue weighted by Gasteiger charge is -2.36. The number of piperazine rings is 1. The maximum atomic E-state index is 13.1. The summed E-state index contributed by atoms with van der Waals surface area (Å²) in [7, 11) is 1.47. The van der Waals surface area contributed by atoms with Gasteiger partial charge in [-0.2, -0.15) is 0 Å². The Bertz CT molecular complexity index is 1660. The first-order valence-electron chi connectivity index (χ1n) is 14.3. The Morgan fingerprint density at radius 1 is 0.956 bits per heavy atom. The van der Waals surface area contributed by atoms with Crippen LogP contribution in [0.4, 0.5) is 16.2 Å². The number of amides is 4. The summed E-state index contributed by atoms with van der Waals surface area (Å²) in [5.74, 6) is -0.400. The molecule has 4 amide bonds. The van der Waals surface area contributed by atoms with Gasteiger partial charge in [0.1, 0.15) is 6.54 Å². The SMILES string of the molecule is COc1cc(/C=C2/SC(=O)N(CC(=O)N3CCN(c4ccccc4)CC3)C2=O)ccc1OCC(=O)Nc1ccc(Br)c(C)c1C. The highest BCUT2D eigenvalue weighted by atomic mass is 79.9. The molecule has 2 aliphatic rings. The minimum absolute atomic E-state index is 0.206. The van der Waals surface area contributed by atoms with Crippen LogP contribution < -0.4 is 19.7 Å². The van der Waals surface area contributed by atoms with Crippen LogP contribution >= 0.6 is 27.7 Å². The van der Waals surface area contributed by atoms with Gasteiger partial charge in [-0.25, -0.2) is 0 Å². The lowest BCUT2D eigenvalue weighted by atomic mass is 10.1. The van der Waals surface area contributed by atoms with E-state index >= 15 is 0 Å². The fourth-order valence-corrected chi connectivity index (χ4v) is 6.29. The maximum Gasteiger partial charge on any atom is 0.294 e. The second-order valence-electron chi connectivity index (χ2n) is 10.6. The summed E-state index contributed by atoms with van der Waals surface area (Å²) in [4.78, 5) is 56.5. The zero-order chi connectivity index (χ0) is 32.1. The van der Waals surface area contributed by atoms with Gasteiger partial charge in [0.15, 0.2) is 18.1 Å². The van der Waals surface area contributed by atoms with Gasteiger partial charge >= 0.3 is 0 Å². The van der Waals surface area contributed by atoms with Gasteiger partial charge in [-0.05, 0) is 84.8 Å². The number of hydrogen-bond acceptors (Lipinski definition) is 8. The first kappa shape index (κ1) is 32.1. The number of benzene rings is 3. The summed E-state index contributed by atoms with van der Waals surface area (Å²) in [5, 5.41) is 2.37. The highest BCUT2D eigenvalue weighted by molar-refractivity contribution is 9.10. The van der Waals surface area contributed by atoms with Gasteiger partial charge in [0, 0.05) is 42.0 Å². The Morgan fingerprint density at radius 3 is 2.40 bits per heavy atom. The van der Waals surface area contributed by atoms with Crippen LogP contribution in [-0.4, -0.2) is 79.2 Å². The molecule has 0 bridgehead atoms. The number of imide groups is 1. The van der Waals surface area contributed by atoms with Crippen molar-refractivity contribution >= 4 is 68.1 Å². The van der Waals surface area contributed by atoms with Crippen LogP contribution in [0.25, 0.3) is 6.08 Å². The highest BCUT2D eigenvalue weighted by Crippen LogP contribution is 2.35. The normalized spacial score (nSPS) is 15.9. The second kappa shape index (κ2) is 14.2. The Morgan fingerprint density at radius 2 is 1.69 bits per heavy atom. The Hall–Kier alpha value is -4.29. The van der Waals surface area contributed by atoms with E-state index in [1.54, 1.807) is 29.2 Å². The molecule has 0 radical (unpaired) electrons. The number of carbonyl (C=O) groups is 4. The minimum Gasteiger partial charge on any atom is -0.493 e. The lowest BCUT2D eigenvalue weighted by molar-refractivity contribution is -0.136. The van der Waals surface area contributed by atoms with Gasteiger partial charge in [0.05, 0.1) is 12.0 Å². The molecule has 0 aliphatic carbocycles. The monoisotopic (exact) mass is 692 g/mol. The molecule has 2 heterocycles. The van der Waals surface area contributed by atoms with E-state index in [4.69, 9.17) is 9.47 Å². The number of anilines is 2. The van der Waals surface area contributed by atoms with Crippen LogP contribution in [0.3, 0.4) is 0 Å². The summed E-state index contributed by atoms with van der Waals surface area (Å²) < 4.78 is 12.1. The third kappa shape index (κ3) is 7.51. The average Bonchev–Trinajstić information content (AvgIpc) is 3.31. The van der Waals surface area contributed by atoms with E-state index in [-0.39, 0.29) is 29.9 Å². The van der Waals surface area contributed by atoms with E-state index < -0.39 is 11.1 Å². The zero-order valence-electron chi connectivity index (χ0n) is 25.2. The molecular weight excluding hydrogens is 660 g/mol. The highest BCUT2D eigenvalue weighted by Gasteiger charge is 2.37. The number of rotatable bonds is 9. The number of nitrogens with zero attached hydrogens (tertiary/aromatic N) is 3. The van der Waals surface area contributed by atoms with Crippen molar-refractivity contribution in [2.24, 2.45) is 0 Å². The molecule has 12 heteroatoms. The molecule has 0 unspecified atom stereocenters. The topological polar surface area (TPSA) is 108 Å². The first-order valence-corrected chi connectivity index (χ1v) is 15.9. The molecule has 10 nitrogen and oxygen atoms in total. The van der Waals surface area contributed by atoms with Crippen molar-refractivity contribution in [3.63, 3.8) is 0 Å². The van der Waals surface area contributed by atoms with Crippen molar-refractivity contribution in [1.29, 1.82) is 0 Å². The summed E-state index contributed by atoms with van der Waals surface area (Å²) >= 11 is 4.28. The molecule has 0 spiro atoms. The Balaban J connectivity index is 1.17. The number of para-hydroxylation sites is 1. The molecule has 45 heavy (non-hydrogen) atoms. The lowest BCUT2D eigenvalue weighted by Crippen LogP contribution is -2.51. The first-order chi connectivity index (χ1) is 21.6. The minimum atomic E-state index is -0.518. The quantitative estimate of drug-likeness (QED) is 0.294. The molecule has 0 aromatic heterocycles. The summed E-state index contributed by atoms with van der Waals surface area (Å²) in [6, 6.07) is 18.7. The van der Waals surface area contributed by atoms with Crippen LogP contribution in [0, 0.1) is 13.8 Å². The van der Waals surface area contributed by atoms with Crippen molar-refractivity contribution in [2.75, 3.05) is 56.7 Å². The van der Waals surface area contributed by atoms with Crippen molar-refractivity contribution in [3.8, 4) is 11.5 Å². The van der Waals surface area contributed by atoms with Gasteiger partial charge in [-0.3, -0.25) is 24.1 Å². The van der Waals surface area contributed by atoms with Crippen molar-refractivity contribution in [1.82, 2.24) is 9.80 Å². The molecule has 0 atom stereocenters. The molecule has 2 aliphatic heterocycles. The van der Waals surface area contributed by atoms with E-state index in [9.17, 15) is 19.2 Å². The smallest absolute Gasteiger partial charge is 0.294 e. The Labute approximate surface area is 274 Å². The van der Waals surface area contributed by atoms with Crippen molar-refractivity contribution in [3.05, 3.63) is 86.7 Å². The number of hydrogen-bond donors (Lipinski definition) is 1. The summed E-state index contributed by atoms with van der Waals surface area (Å²) in [6.07, 6.45) is 1.58. The number of nitrogens with one attached hydrogen (secondary N) is 1. The molecule has 2 saturated heterocycles. The van der Waals surface area contributed by atoms with Crippen LogP contribution in [0.15, 0.2) is 70.0 Å². The summed E-state index contributed by atoms with van der Waals surface area (Å²) in [5.41, 5.74) is 4.39. The van der Waals surface area contributed by atoms with Gasteiger partial charge in [-0.1, -0.05) is 40.2 Å². The zero-order valence-corrected chi connectivity index (χ0v) is 27.6. The average molecular weight is 694 g/mol. The van der Waals surface area contributed by atoms with Crippen LogP contribution in [0.2, 0.25) is 0 Å². The number of carbonyl (C=O) groups excluding carboxylic acids is 4. The molecule has 3 aromatic rings. The number of methoxy groups -OCH3 is 1. The van der Waals surface area contributed by atoms with E-state index in [1.165, 1.54) is 7.11 Å². The number of halogens is 1. The van der Waals surface area contributed by atoms with E-state index in [1.807, 2.05) is 56.3 Å². The molecule has 0 saturated carbocycles. The molecule has 2 fully saturated rings. The maximum absolute atomic E-state index is 13.1. The fourth-order valence-electron chi connectivity index (χ4n) is 5.02. The largest absolute Gasteiger partial charge is 0.493 e. The molecule has 234 valence electrons. The third-order valence-electron chi connectivity index (χ3n) is 7.76. The van der Waals surface area contributed by atoms with E-state index in [2.05, 4.69) is 26.1 Å². The summed E-state index contributed by atoms with van der Waals surface area (Å²) in [6.45, 7) is 5.73. The number of ether oxygens (including phenoxy) is 2. The van der Waals surface area contributed by atoms with E-state index in [0.717, 1.165) is 37.9 Å². The third-order valence-corrected chi connectivity index (χ3v) is 9.53. The Kier molecular flexibility index (Phi) is 10.1. The van der Waals surface area contributed by atoms with Crippen molar-refractivity contribution in [2.45, 2.75) is 13.8 Å². The predicted molar refractivity (Wildman–Crippen MR) is 179 cm³/mol. The molecule has 3 aromatic carbocycles. The van der Waals surface area contributed by atoms with Crippen LogP contribution in [0.1, 0.15) is 16.7 Å². The van der Waals surface area contributed by atoms with Crippen LogP contribution in [0.5, 0.6) is 11.5 Å². The standard InChI is InChI=1S/C33H33BrN4O6S/c1-21-22(2)26(11-10-25(21)34)35-30(39)20-44-27-12-9-23(17-28(27)43-3)18-29-32(41)38(33(42)45-29)19-31(40)37-15-13-36(14-16-37)24-7-5-4-6-8-24/h4-12,17-18H,13-16,19-20H2,1-3H3,(H,35,39)/b29-18+. The van der Waals surface area contributed by atoms with E-state index in [0.29, 0.717) is 48.9 Å².